The number of H-pyrrole nitrogens is 1. The standard InChI is InChI=1S/C28H29N5O4/c1-17(2)15-18-7-9-19(10-8-18)25-24-23(21(16-29)26(30)37-27(24)32-31-25)20-5-3-4-6-22(20)36-28(34)33-11-13-35-14-12-33/h3-10,17,23H,11-15,30H2,1-2H3,(H,31,32)/t23-/m1/s1. The van der Waals surface area contributed by atoms with Crippen LogP contribution < -0.4 is 15.2 Å². The van der Waals surface area contributed by atoms with Crippen molar-refractivity contribution in [2.45, 2.75) is 26.2 Å². The first kappa shape index (κ1) is 24.4. The number of para-hydroxylation sites is 1. The number of aromatic nitrogens is 2. The average Bonchev–Trinajstić information content (AvgIpc) is 3.32. The van der Waals surface area contributed by atoms with Crippen LogP contribution in [0.3, 0.4) is 0 Å². The van der Waals surface area contributed by atoms with Crippen LogP contribution in [0.15, 0.2) is 60.0 Å². The minimum atomic E-state index is -0.647. The summed E-state index contributed by atoms with van der Waals surface area (Å²) in [7, 11) is 0. The first-order chi connectivity index (χ1) is 18.0. The number of nitrogens with zero attached hydrogens (tertiary/aromatic N) is 3. The highest BCUT2D eigenvalue weighted by Gasteiger charge is 2.37. The molecule has 2 aromatic carbocycles. The molecule has 2 aliphatic rings. The zero-order valence-electron chi connectivity index (χ0n) is 20.9. The van der Waals surface area contributed by atoms with Crippen LogP contribution in [-0.4, -0.2) is 47.5 Å². The molecule has 1 aromatic heterocycles. The van der Waals surface area contributed by atoms with Gasteiger partial charge in [-0.1, -0.05) is 56.3 Å². The van der Waals surface area contributed by atoms with Crippen LogP contribution in [0.5, 0.6) is 11.6 Å². The Morgan fingerprint density at radius 2 is 1.95 bits per heavy atom. The summed E-state index contributed by atoms with van der Waals surface area (Å²) in [6, 6.07) is 17.6. The molecule has 0 spiro atoms. The summed E-state index contributed by atoms with van der Waals surface area (Å²) in [6.07, 6.45) is 0.513. The molecule has 0 saturated carbocycles. The number of hydrogen-bond acceptors (Lipinski definition) is 7. The van der Waals surface area contributed by atoms with Crippen molar-refractivity contribution in [3.05, 3.63) is 76.7 Å². The fourth-order valence-corrected chi connectivity index (χ4v) is 4.77. The lowest BCUT2D eigenvalue weighted by molar-refractivity contribution is 0.0415. The molecule has 3 heterocycles. The molecular formula is C28H29N5O4. The Hall–Kier alpha value is -4.29. The molecule has 1 atom stereocenters. The molecule has 0 bridgehead atoms. The van der Waals surface area contributed by atoms with E-state index in [-0.39, 0.29) is 17.3 Å². The van der Waals surface area contributed by atoms with Crippen molar-refractivity contribution in [2.75, 3.05) is 26.3 Å². The van der Waals surface area contributed by atoms with E-state index in [4.69, 9.17) is 19.9 Å². The van der Waals surface area contributed by atoms with Crippen molar-refractivity contribution >= 4 is 6.09 Å². The van der Waals surface area contributed by atoms with Crippen molar-refractivity contribution in [3.63, 3.8) is 0 Å². The van der Waals surface area contributed by atoms with Crippen LogP contribution in [0.2, 0.25) is 0 Å². The third-order valence-corrected chi connectivity index (χ3v) is 6.52. The molecular weight excluding hydrogens is 470 g/mol. The molecule has 37 heavy (non-hydrogen) atoms. The van der Waals surface area contributed by atoms with Gasteiger partial charge in [0.2, 0.25) is 11.8 Å². The van der Waals surface area contributed by atoms with Gasteiger partial charge in [0.25, 0.3) is 0 Å². The SMILES string of the molecule is CC(C)Cc1ccc(-c2[nH]nc3c2[C@H](c2ccccc2OC(=O)N2CCOCC2)C(C#N)=C(N)O3)cc1. The number of morpholine rings is 1. The van der Waals surface area contributed by atoms with E-state index in [1.807, 2.05) is 24.3 Å². The van der Waals surface area contributed by atoms with E-state index in [1.54, 1.807) is 17.0 Å². The Morgan fingerprint density at radius 3 is 2.65 bits per heavy atom. The van der Waals surface area contributed by atoms with Crippen LogP contribution in [0.25, 0.3) is 11.3 Å². The summed E-state index contributed by atoms with van der Waals surface area (Å²) < 4.78 is 16.9. The second-order valence-corrected chi connectivity index (χ2v) is 9.54. The molecule has 3 aromatic rings. The van der Waals surface area contributed by atoms with E-state index in [9.17, 15) is 10.1 Å². The van der Waals surface area contributed by atoms with Gasteiger partial charge in [-0.2, -0.15) is 5.26 Å². The zero-order valence-corrected chi connectivity index (χ0v) is 20.9. The number of benzene rings is 2. The van der Waals surface area contributed by atoms with E-state index in [2.05, 4.69) is 42.2 Å². The number of aromatic amines is 1. The van der Waals surface area contributed by atoms with Crippen molar-refractivity contribution in [3.8, 4) is 29.0 Å². The quantitative estimate of drug-likeness (QED) is 0.535. The topological polar surface area (TPSA) is 126 Å². The molecule has 1 amide bonds. The number of carbonyl (C=O) groups is 1. The molecule has 3 N–H and O–H groups in total. The Labute approximate surface area is 215 Å². The van der Waals surface area contributed by atoms with E-state index < -0.39 is 12.0 Å². The van der Waals surface area contributed by atoms with E-state index in [0.717, 1.165) is 12.0 Å². The van der Waals surface area contributed by atoms with E-state index >= 15 is 0 Å². The summed E-state index contributed by atoms with van der Waals surface area (Å²) in [4.78, 5) is 14.5. The van der Waals surface area contributed by atoms with Gasteiger partial charge in [0.15, 0.2) is 0 Å². The maximum atomic E-state index is 12.9. The maximum absolute atomic E-state index is 12.9. The number of ether oxygens (including phenoxy) is 3. The van der Waals surface area contributed by atoms with Gasteiger partial charge < -0.3 is 24.8 Å². The number of hydrogen-bond donors (Lipinski definition) is 2. The summed E-state index contributed by atoms with van der Waals surface area (Å²) >= 11 is 0. The molecule has 2 aliphatic heterocycles. The van der Waals surface area contributed by atoms with Gasteiger partial charge in [-0.25, -0.2) is 4.79 Å². The largest absolute Gasteiger partial charge is 0.420 e. The van der Waals surface area contributed by atoms with Crippen LogP contribution in [0.4, 0.5) is 4.79 Å². The third kappa shape index (κ3) is 4.88. The highest BCUT2D eigenvalue weighted by atomic mass is 16.6. The normalized spacial score (nSPS) is 17.2. The lowest BCUT2D eigenvalue weighted by Gasteiger charge is -2.28. The minimum absolute atomic E-state index is 0.0281. The van der Waals surface area contributed by atoms with Crippen molar-refractivity contribution < 1.29 is 19.0 Å². The molecule has 190 valence electrons. The maximum Gasteiger partial charge on any atom is 0.415 e. The van der Waals surface area contributed by atoms with Crippen LogP contribution in [0.1, 0.15) is 36.5 Å². The highest BCUT2D eigenvalue weighted by Crippen LogP contribution is 2.47. The van der Waals surface area contributed by atoms with Crippen LogP contribution in [0, 0.1) is 17.2 Å². The van der Waals surface area contributed by atoms with Crippen molar-refractivity contribution in [1.82, 2.24) is 15.1 Å². The number of fused-ring (bicyclic) bond motifs is 1. The predicted octanol–water partition coefficient (Wildman–Crippen LogP) is 4.32. The summed E-state index contributed by atoms with van der Waals surface area (Å²) in [5.41, 5.74) is 10.5. The Balaban J connectivity index is 1.56. The molecule has 9 nitrogen and oxygen atoms in total. The Bertz CT molecular complexity index is 1360. The molecule has 5 rings (SSSR count). The summed E-state index contributed by atoms with van der Waals surface area (Å²) in [5.74, 6) is 0.506. The lowest BCUT2D eigenvalue weighted by atomic mass is 9.82. The number of nitriles is 1. The van der Waals surface area contributed by atoms with Gasteiger partial charge in [-0.15, -0.1) is 5.10 Å². The van der Waals surface area contributed by atoms with Gasteiger partial charge in [0, 0.05) is 24.2 Å². The first-order valence-electron chi connectivity index (χ1n) is 12.3. The van der Waals surface area contributed by atoms with Gasteiger partial charge >= 0.3 is 6.09 Å². The van der Waals surface area contributed by atoms with Gasteiger partial charge in [0.1, 0.15) is 17.4 Å². The highest BCUT2D eigenvalue weighted by molar-refractivity contribution is 5.74. The second kappa shape index (κ2) is 10.4. The third-order valence-electron chi connectivity index (χ3n) is 6.52. The minimum Gasteiger partial charge on any atom is -0.420 e. The number of nitrogens with two attached hydrogens (primary N) is 1. The van der Waals surface area contributed by atoms with Crippen LogP contribution >= 0.6 is 0 Å². The predicted molar refractivity (Wildman–Crippen MR) is 137 cm³/mol. The van der Waals surface area contributed by atoms with Crippen molar-refractivity contribution in [2.24, 2.45) is 11.7 Å². The van der Waals surface area contributed by atoms with Gasteiger partial charge in [-0.05, 0) is 24.0 Å². The Morgan fingerprint density at radius 1 is 1.22 bits per heavy atom. The van der Waals surface area contributed by atoms with E-state index in [0.29, 0.717) is 54.8 Å². The fourth-order valence-electron chi connectivity index (χ4n) is 4.77. The fraction of sp³-hybridized carbons (Fsp3) is 0.321. The van der Waals surface area contributed by atoms with Crippen molar-refractivity contribution in [1.29, 1.82) is 5.26 Å². The second-order valence-electron chi connectivity index (χ2n) is 9.54. The number of allylic oxidation sites excluding steroid dienone is 1. The molecule has 0 aliphatic carbocycles. The van der Waals surface area contributed by atoms with E-state index in [1.165, 1.54) is 5.56 Å². The van der Waals surface area contributed by atoms with Crippen LogP contribution in [-0.2, 0) is 11.2 Å². The number of carbonyl (C=O) groups excluding carboxylic acids is 1. The first-order valence-corrected chi connectivity index (χ1v) is 12.3. The number of nitrogens with one attached hydrogen (secondary N) is 1. The average molecular weight is 500 g/mol. The Kier molecular flexibility index (Phi) is 6.84. The smallest absolute Gasteiger partial charge is 0.415 e. The molecule has 1 fully saturated rings. The summed E-state index contributed by atoms with van der Waals surface area (Å²) in [5, 5.41) is 17.5. The lowest BCUT2D eigenvalue weighted by Crippen LogP contribution is -2.42. The molecule has 9 heteroatoms. The summed E-state index contributed by atoms with van der Waals surface area (Å²) in [6.45, 7) is 6.21. The monoisotopic (exact) mass is 499 g/mol. The molecule has 1 saturated heterocycles. The van der Waals surface area contributed by atoms with Gasteiger partial charge in [0.05, 0.1) is 30.4 Å². The number of rotatable bonds is 5. The molecule has 0 radical (unpaired) electrons. The zero-order chi connectivity index (χ0) is 25.9. The number of amides is 1. The molecule has 0 unspecified atom stereocenters. The van der Waals surface area contributed by atoms with Gasteiger partial charge in [-0.3, -0.25) is 5.10 Å².